The lowest BCUT2D eigenvalue weighted by molar-refractivity contribution is -0.143. The van der Waals surface area contributed by atoms with Gasteiger partial charge in [0.05, 0.1) is 43.0 Å². The molecule has 0 spiro atoms. The molecule has 37 heavy (non-hydrogen) atoms. The van der Waals surface area contributed by atoms with Crippen LogP contribution in [-0.2, 0) is 20.9 Å². The summed E-state index contributed by atoms with van der Waals surface area (Å²) in [6.45, 7) is -0.0312. The first-order chi connectivity index (χ1) is 17.8. The minimum Gasteiger partial charge on any atom is -0.493 e. The van der Waals surface area contributed by atoms with E-state index < -0.39 is 18.2 Å². The molecule has 1 fully saturated rings. The Labute approximate surface area is 231 Å². The lowest BCUT2D eigenvalue weighted by atomic mass is 9.87. The third kappa shape index (κ3) is 7.34. The zero-order valence-corrected chi connectivity index (χ0v) is 23.5. The highest BCUT2D eigenvalue weighted by Crippen LogP contribution is 2.38. The van der Waals surface area contributed by atoms with Gasteiger partial charge in [-0.15, -0.1) is 0 Å². The number of aliphatic hydroxyl groups is 3. The molecule has 3 rings (SSSR count). The van der Waals surface area contributed by atoms with Crippen LogP contribution in [0.2, 0.25) is 0 Å². The largest absolute Gasteiger partial charge is 0.493 e. The van der Waals surface area contributed by atoms with E-state index in [0.717, 1.165) is 25.7 Å². The number of ether oxygens (including phenoxy) is 3. The molecule has 10 nitrogen and oxygen atoms in total. The molecule has 2 aliphatic carbocycles. The van der Waals surface area contributed by atoms with Gasteiger partial charge in [-0.1, -0.05) is 12.8 Å². The minimum atomic E-state index is -1.11. The van der Waals surface area contributed by atoms with Crippen molar-refractivity contribution in [2.24, 2.45) is 0 Å². The normalized spacial score (nSPS) is 21.9. The summed E-state index contributed by atoms with van der Waals surface area (Å²) in [5, 5.41) is 33.0. The number of rotatable bonds is 12. The number of carbonyl (C=O) groups is 2. The van der Waals surface area contributed by atoms with Gasteiger partial charge < -0.3 is 39.7 Å². The molecule has 0 heterocycles. The fourth-order valence-electron chi connectivity index (χ4n) is 5.02. The van der Waals surface area contributed by atoms with Gasteiger partial charge in [-0.25, -0.2) is 0 Å². The molecule has 4 N–H and O–H groups in total. The third-order valence-corrected chi connectivity index (χ3v) is 7.62. The standard InChI is InChI=1S/C26H37IN2O8/c1-35-10-7-23(32)29(18-5-3-4-6-18)20-13-17(26(34)28-8-9-30)14-21(24(20)33)37-25-19(27)11-16(15-31)12-22(25)36-2/h11-12,14,18,20-21,24,30-31,33H,3-10,13,15H2,1-2H3,(H,28,34)/t20-,21+,24+/m1/s1. The average Bonchev–Trinajstić information content (AvgIpc) is 3.43. The number of aliphatic hydroxyl groups excluding tert-OH is 3. The van der Waals surface area contributed by atoms with Gasteiger partial charge in [0, 0.05) is 31.7 Å². The lowest BCUT2D eigenvalue weighted by Gasteiger charge is -2.43. The zero-order chi connectivity index (χ0) is 26.9. The molecule has 2 aliphatic rings. The summed E-state index contributed by atoms with van der Waals surface area (Å²) < 4.78 is 17.6. The van der Waals surface area contributed by atoms with Crippen LogP contribution in [0.25, 0.3) is 0 Å². The van der Waals surface area contributed by atoms with E-state index in [9.17, 15) is 24.9 Å². The molecule has 0 saturated heterocycles. The van der Waals surface area contributed by atoms with Crippen molar-refractivity contribution in [2.75, 3.05) is 34.0 Å². The van der Waals surface area contributed by atoms with Gasteiger partial charge in [0.15, 0.2) is 11.5 Å². The summed E-state index contributed by atoms with van der Waals surface area (Å²) in [4.78, 5) is 28.1. The van der Waals surface area contributed by atoms with Crippen LogP contribution in [0.3, 0.4) is 0 Å². The zero-order valence-electron chi connectivity index (χ0n) is 21.3. The SMILES string of the molecule is COCCC(=O)N(C1CCCC1)[C@@H]1CC(C(=O)NCCO)=C[C@H](Oc2c(I)cc(CO)cc2OC)[C@H]1O. The van der Waals surface area contributed by atoms with E-state index in [2.05, 4.69) is 27.9 Å². The molecule has 11 heteroatoms. The number of benzene rings is 1. The number of amides is 2. The Hall–Kier alpha value is -1.93. The fourth-order valence-corrected chi connectivity index (χ4v) is 5.82. The van der Waals surface area contributed by atoms with Gasteiger partial charge in [-0.3, -0.25) is 9.59 Å². The number of hydrogen-bond acceptors (Lipinski definition) is 8. The van der Waals surface area contributed by atoms with E-state index in [1.54, 1.807) is 23.1 Å². The molecule has 0 aliphatic heterocycles. The van der Waals surface area contributed by atoms with Crippen molar-refractivity contribution < 1.29 is 39.1 Å². The van der Waals surface area contributed by atoms with Gasteiger partial charge in [-0.05, 0) is 59.2 Å². The van der Waals surface area contributed by atoms with E-state index in [1.807, 2.05) is 0 Å². The van der Waals surface area contributed by atoms with Crippen LogP contribution in [0, 0.1) is 3.57 Å². The topological polar surface area (TPSA) is 138 Å². The van der Waals surface area contributed by atoms with Crippen LogP contribution in [-0.4, -0.2) is 90.3 Å². The van der Waals surface area contributed by atoms with Crippen LogP contribution in [0.1, 0.15) is 44.1 Å². The maximum Gasteiger partial charge on any atom is 0.247 e. The maximum atomic E-state index is 13.4. The lowest BCUT2D eigenvalue weighted by Crippen LogP contribution is -2.57. The smallest absolute Gasteiger partial charge is 0.247 e. The Morgan fingerprint density at radius 3 is 2.54 bits per heavy atom. The van der Waals surface area contributed by atoms with Gasteiger partial charge in [-0.2, -0.15) is 0 Å². The summed E-state index contributed by atoms with van der Waals surface area (Å²) in [6, 6.07) is 2.69. The van der Waals surface area contributed by atoms with Crippen LogP contribution in [0.5, 0.6) is 11.5 Å². The average molecular weight is 632 g/mol. The molecular formula is C26H37IN2O8. The highest BCUT2D eigenvalue weighted by Gasteiger charge is 2.43. The van der Waals surface area contributed by atoms with Crippen molar-refractivity contribution in [2.45, 2.75) is 69.4 Å². The van der Waals surface area contributed by atoms with Gasteiger partial charge in [0.2, 0.25) is 11.8 Å². The quantitative estimate of drug-likeness (QED) is 0.255. The van der Waals surface area contributed by atoms with E-state index in [-0.39, 0.29) is 57.1 Å². The molecule has 0 radical (unpaired) electrons. The van der Waals surface area contributed by atoms with E-state index in [1.165, 1.54) is 14.2 Å². The molecule has 1 aromatic carbocycles. The maximum absolute atomic E-state index is 13.4. The Bertz CT molecular complexity index is 966. The van der Waals surface area contributed by atoms with E-state index >= 15 is 0 Å². The summed E-state index contributed by atoms with van der Waals surface area (Å²) in [5.41, 5.74) is 1.02. The van der Waals surface area contributed by atoms with Crippen molar-refractivity contribution in [3.05, 3.63) is 32.9 Å². The van der Waals surface area contributed by atoms with Gasteiger partial charge in [0.25, 0.3) is 0 Å². The van der Waals surface area contributed by atoms with Crippen LogP contribution >= 0.6 is 22.6 Å². The van der Waals surface area contributed by atoms with Crippen molar-refractivity contribution >= 4 is 34.4 Å². The molecule has 0 unspecified atom stereocenters. The number of nitrogens with zero attached hydrogens (tertiary/aromatic N) is 1. The summed E-state index contributed by atoms with van der Waals surface area (Å²) in [6.07, 6.45) is 3.50. The molecule has 3 atom stereocenters. The van der Waals surface area contributed by atoms with Crippen molar-refractivity contribution in [1.29, 1.82) is 0 Å². The number of hydrogen-bond donors (Lipinski definition) is 4. The van der Waals surface area contributed by atoms with Crippen LogP contribution < -0.4 is 14.8 Å². The number of halogens is 1. The molecule has 2 amide bonds. The molecular weight excluding hydrogens is 595 g/mol. The van der Waals surface area contributed by atoms with Gasteiger partial charge in [0.1, 0.15) is 12.2 Å². The molecule has 206 valence electrons. The predicted octanol–water partition coefficient (Wildman–Crippen LogP) is 1.52. The third-order valence-electron chi connectivity index (χ3n) is 6.82. The van der Waals surface area contributed by atoms with Crippen molar-refractivity contribution in [3.8, 4) is 11.5 Å². The summed E-state index contributed by atoms with van der Waals surface area (Å²) in [5.74, 6) is 0.240. The first kappa shape index (κ1) is 29.6. The van der Waals surface area contributed by atoms with Crippen molar-refractivity contribution in [3.63, 3.8) is 0 Å². The molecule has 1 saturated carbocycles. The highest BCUT2D eigenvalue weighted by molar-refractivity contribution is 14.1. The number of nitrogens with one attached hydrogen (secondary N) is 1. The van der Waals surface area contributed by atoms with Crippen molar-refractivity contribution in [1.82, 2.24) is 10.2 Å². The van der Waals surface area contributed by atoms with E-state index in [4.69, 9.17) is 14.2 Å². The number of carbonyl (C=O) groups excluding carboxylic acids is 2. The predicted molar refractivity (Wildman–Crippen MR) is 144 cm³/mol. The number of methoxy groups -OCH3 is 2. The second-order valence-electron chi connectivity index (χ2n) is 9.27. The van der Waals surface area contributed by atoms with Crippen LogP contribution in [0.4, 0.5) is 0 Å². The first-order valence-corrected chi connectivity index (χ1v) is 13.6. The fraction of sp³-hybridized carbons (Fsp3) is 0.615. The molecule has 0 aromatic heterocycles. The second kappa shape index (κ2) is 14.3. The molecule has 1 aromatic rings. The molecule has 0 bridgehead atoms. The monoisotopic (exact) mass is 632 g/mol. The first-order valence-electron chi connectivity index (χ1n) is 12.6. The summed E-state index contributed by atoms with van der Waals surface area (Å²) in [7, 11) is 3.02. The summed E-state index contributed by atoms with van der Waals surface area (Å²) >= 11 is 2.07. The highest BCUT2D eigenvalue weighted by atomic mass is 127. The Kier molecular flexibility index (Phi) is 11.4. The van der Waals surface area contributed by atoms with E-state index in [0.29, 0.717) is 26.2 Å². The minimum absolute atomic E-state index is 0.0389. The second-order valence-corrected chi connectivity index (χ2v) is 10.4. The Morgan fingerprint density at radius 1 is 1.19 bits per heavy atom. The Morgan fingerprint density at radius 2 is 1.92 bits per heavy atom. The van der Waals surface area contributed by atoms with Crippen LogP contribution in [0.15, 0.2) is 23.8 Å². The van der Waals surface area contributed by atoms with Gasteiger partial charge >= 0.3 is 0 Å². The Balaban J connectivity index is 2.00.